The summed E-state index contributed by atoms with van der Waals surface area (Å²) in [6.07, 6.45) is 1.50. The van der Waals surface area contributed by atoms with Gasteiger partial charge in [-0.25, -0.2) is 9.59 Å². The number of furan rings is 1. The van der Waals surface area contributed by atoms with Crippen LogP contribution in [0.2, 0.25) is 0 Å². The van der Waals surface area contributed by atoms with Crippen molar-refractivity contribution in [3.63, 3.8) is 0 Å². The Bertz CT molecular complexity index is 991. The first kappa shape index (κ1) is 19.7. The maximum Gasteiger partial charge on any atom is 0.373 e. The SMILES string of the molecule is COC(=O)c1ccc(CN2C(=O)NC(=Cc3ccc(OCC(N)=O)cc3)C2=O)o1. The van der Waals surface area contributed by atoms with Crippen molar-refractivity contribution >= 4 is 29.9 Å². The van der Waals surface area contributed by atoms with Gasteiger partial charge in [-0.05, 0) is 35.9 Å². The summed E-state index contributed by atoms with van der Waals surface area (Å²) in [7, 11) is 1.22. The molecule has 2 aromatic rings. The molecule has 2 heterocycles. The molecular weight excluding hydrogens is 382 g/mol. The summed E-state index contributed by atoms with van der Waals surface area (Å²) in [4.78, 5) is 47.8. The molecule has 1 aliphatic heterocycles. The van der Waals surface area contributed by atoms with Gasteiger partial charge in [0.2, 0.25) is 5.76 Å². The predicted octanol–water partition coefficient (Wildman–Crippen LogP) is 1.02. The largest absolute Gasteiger partial charge is 0.484 e. The van der Waals surface area contributed by atoms with Crippen molar-refractivity contribution in [2.75, 3.05) is 13.7 Å². The molecule has 29 heavy (non-hydrogen) atoms. The van der Waals surface area contributed by atoms with Crippen molar-refractivity contribution in [2.45, 2.75) is 6.54 Å². The Balaban J connectivity index is 1.68. The summed E-state index contributed by atoms with van der Waals surface area (Å²) < 4.78 is 15.0. The first-order chi connectivity index (χ1) is 13.9. The average Bonchev–Trinajstić information content (AvgIpc) is 3.27. The Kier molecular flexibility index (Phi) is 5.63. The lowest BCUT2D eigenvalue weighted by Gasteiger charge is -2.09. The number of urea groups is 1. The Morgan fingerprint density at radius 3 is 2.55 bits per heavy atom. The zero-order valence-corrected chi connectivity index (χ0v) is 15.3. The normalized spacial score (nSPS) is 14.8. The molecule has 0 radical (unpaired) electrons. The van der Waals surface area contributed by atoms with E-state index in [1.807, 2.05) is 0 Å². The Morgan fingerprint density at radius 1 is 1.17 bits per heavy atom. The molecule has 1 aromatic heterocycles. The van der Waals surface area contributed by atoms with Gasteiger partial charge in [-0.3, -0.25) is 14.5 Å². The fourth-order valence-electron chi connectivity index (χ4n) is 2.53. The van der Waals surface area contributed by atoms with Crippen LogP contribution >= 0.6 is 0 Å². The molecule has 0 bridgehead atoms. The maximum absolute atomic E-state index is 12.5. The Hall–Kier alpha value is -4.08. The minimum absolute atomic E-state index is 0.0241. The van der Waals surface area contributed by atoms with Crippen LogP contribution in [-0.2, 0) is 20.9 Å². The maximum atomic E-state index is 12.5. The second-order valence-corrected chi connectivity index (χ2v) is 5.96. The Morgan fingerprint density at radius 2 is 1.90 bits per heavy atom. The quantitative estimate of drug-likeness (QED) is 0.402. The van der Waals surface area contributed by atoms with E-state index in [0.717, 1.165) is 4.90 Å². The second kappa shape index (κ2) is 8.30. The average molecular weight is 399 g/mol. The number of hydrogen-bond acceptors (Lipinski definition) is 7. The molecule has 1 saturated heterocycles. The molecule has 10 nitrogen and oxygen atoms in total. The van der Waals surface area contributed by atoms with Gasteiger partial charge >= 0.3 is 12.0 Å². The molecule has 3 N–H and O–H groups in total. The van der Waals surface area contributed by atoms with Crippen molar-refractivity contribution in [3.05, 3.63) is 59.2 Å². The minimum atomic E-state index is -0.655. The van der Waals surface area contributed by atoms with E-state index in [-0.39, 0.29) is 30.4 Å². The van der Waals surface area contributed by atoms with Crippen LogP contribution in [-0.4, -0.2) is 42.4 Å². The van der Waals surface area contributed by atoms with Gasteiger partial charge in [-0.2, -0.15) is 0 Å². The topological polar surface area (TPSA) is 141 Å². The number of ether oxygens (including phenoxy) is 2. The third-order valence-corrected chi connectivity index (χ3v) is 3.90. The number of imide groups is 1. The van der Waals surface area contributed by atoms with Crippen LogP contribution in [0.5, 0.6) is 5.75 Å². The lowest BCUT2D eigenvalue weighted by Crippen LogP contribution is -2.30. The lowest BCUT2D eigenvalue weighted by molar-refractivity contribution is -0.123. The smallest absolute Gasteiger partial charge is 0.373 e. The third kappa shape index (κ3) is 4.61. The number of benzene rings is 1. The van der Waals surface area contributed by atoms with Gasteiger partial charge < -0.3 is 24.9 Å². The highest BCUT2D eigenvalue weighted by molar-refractivity contribution is 6.13. The van der Waals surface area contributed by atoms with Gasteiger partial charge in [0, 0.05) is 0 Å². The summed E-state index contributed by atoms with van der Waals surface area (Å²) in [5.74, 6) is -1.12. The van der Waals surface area contributed by atoms with E-state index in [9.17, 15) is 19.2 Å². The number of amides is 4. The molecule has 1 aromatic carbocycles. The van der Waals surface area contributed by atoms with E-state index >= 15 is 0 Å². The highest BCUT2D eigenvalue weighted by Crippen LogP contribution is 2.20. The van der Waals surface area contributed by atoms with E-state index in [4.69, 9.17) is 14.9 Å². The standard InChI is InChI=1S/C19H17N3O7/c1-27-18(25)15-7-6-13(29-15)9-22-17(24)14(21-19(22)26)8-11-2-4-12(5-3-11)28-10-16(20)23/h2-8H,9-10H2,1H3,(H2,20,23)(H,21,26). The summed E-state index contributed by atoms with van der Waals surface area (Å²) in [5.41, 5.74) is 5.73. The highest BCUT2D eigenvalue weighted by atomic mass is 16.5. The van der Waals surface area contributed by atoms with E-state index in [2.05, 4.69) is 10.1 Å². The number of primary amides is 1. The number of carbonyl (C=O) groups is 4. The highest BCUT2D eigenvalue weighted by Gasteiger charge is 2.34. The van der Waals surface area contributed by atoms with Crippen LogP contribution in [0.3, 0.4) is 0 Å². The van der Waals surface area contributed by atoms with Crippen molar-refractivity contribution in [3.8, 4) is 5.75 Å². The number of hydrogen-bond donors (Lipinski definition) is 2. The number of nitrogens with two attached hydrogens (primary N) is 1. The zero-order chi connectivity index (χ0) is 21.0. The van der Waals surface area contributed by atoms with Gasteiger partial charge in [0.15, 0.2) is 6.61 Å². The van der Waals surface area contributed by atoms with Crippen LogP contribution in [0, 0.1) is 0 Å². The first-order valence-corrected chi connectivity index (χ1v) is 8.40. The van der Waals surface area contributed by atoms with Gasteiger partial charge in [-0.1, -0.05) is 12.1 Å². The van der Waals surface area contributed by atoms with Crippen LogP contribution in [0.4, 0.5) is 4.79 Å². The van der Waals surface area contributed by atoms with E-state index in [1.54, 1.807) is 24.3 Å². The predicted molar refractivity (Wildman–Crippen MR) is 98.2 cm³/mol. The number of rotatable bonds is 7. The number of nitrogens with one attached hydrogen (secondary N) is 1. The van der Waals surface area contributed by atoms with Gasteiger partial charge in [0.1, 0.15) is 17.2 Å². The van der Waals surface area contributed by atoms with E-state index < -0.39 is 23.8 Å². The fourth-order valence-corrected chi connectivity index (χ4v) is 2.53. The summed E-state index contributed by atoms with van der Waals surface area (Å²) in [6, 6.07) is 8.79. The number of methoxy groups -OCH3 is 1. The molecule has 0 spiro atoms. The summed E-state index contributed by atoms with van der Waals surface area (Å²) >= 11 is 0. The van der Waals surface area contributed by atoms with Crippen molar-refractivity contribution in [1.82, 2.24) is 10.2 Å². The van der Waals surface area contributed by atoms with E-state index in [1.165, 1.54) is 25.3 Å². The molecule has 1 aliphatic rings. The first-order valence-electron chi connectivity index (χ1n) is 8.40. The summed E-state index contributed by atoms with van der Waals surface area (Å²) in [5, 5.41) is 2.49. The van der Waals surface area contributed by atoms with Gasteiger partial charge in [-0.15, -0.1) is 0 Å². The lowest BCUT2D eigenvalue weighted by atomic mass is 10.2. The molecule has 0 unspecified atom stereocenters. The number of esters is 1. The van der Waals surface area contributed by atoms with Gasteiger partial charge in [0.05, 0.1) is 13.7 Å². The zero-order valence-electron chi connectivity index (χ0n) is 15.3. The molecule has 4 amide bonds. The molecule has 1 fully saturated rings. The van der Waals surface area contributed by atoms with Crippen LogP contribution in [0.25, 0.3) is 6.08 Å². The molecule has 3 rings (SSSR count). The molecule has 0 aliphatic carbocycles. The second-order valence-electron chi connectivity index (χ2n) is 5.96. The minimum Gasteiger partial charge on any atom is -0.484 e. The van der Waals surface area contributed by atoms with Crippen LogP contribution in [0.1, 0.15) is 21.9 Å². The number of carbonyl (C=O) groups excluding carboxylic acids is 4. The molecular formula is C19H17N3O7. The summed E-state index contributed by atoms with van der Waals surface area (Å²) in [6.45, 7) is -0.382. The van der Waals surface area contributed by atoms with Crippen molar-refractivity contribution in [2.24, 2.45) is 5.73 Å². The van der Waals surface area contributed by atoms with Crippen molar-refractivity contribution in [1.29, 1.82) is 0 Å². The van der Waals surface area contributed by atoms with Gasteiger partial charge in [0.25, 0.3) is 11.8 Å². The van der Waals surface area contributed by atoms with Crippen LogP contribution < -0.4 is 15.8 Å². The monoisotopic (exact) mass is 399 g/mol. The Labute approximate surface area is 164 Å². The van der Waals surface area contributed by atoms with Crippen LogP contribution in [0.15, 0.2) is 46.5 Å². The molecule has 0 atom stereocenters. The number of nitrogens with zero attached hydrogens (tertiary/aromatic N) is 1. The molecule has 150 valence electrons. The fraction of sp³-hybridized carbons (Fsp3) is 0.158. The van der Waals surface area contributed by atoms with E-state index in [0.29, 0.717) is 11.3 Å². The van der Waals surface area contributed by atoms with Crippen molar-refractivity contribution < 1.29 is 33.1 Å². The molecule has 10 heteroatoms. The molecule has 0 saturated carbocycles. The third-order valence-electron chi connectivity index (χ3n) is 3.90.